The molecule has 0 bridgehead atoms. The Balaban J connectivity index is 2.12. The van der Waals surface area contributed by atoms with E-state index in [2.05, 4.69) is 4.74 Å². The standard InChI is InChI=1S/C15H14O7S2/c16-15(22-10-11-23(17,18)19)12-6-8-14(9-7-12)24(20,21)13-4-2-1-3-5-13/h1-9H,10-11H2,(H,17,18,19). The molecule has 1 N–H and O–H groups in total. The van der Waals surface area contributed by atoms with E-state index < -0.39 is 38.3 Å². The van der Waals surface area contributed by atoms with Gasteiger partial charge in [-0.2, -0.15) is 8.42 Å². The van der Waals surface area contributed by atoms with Crippen LogP contribution in [0.2, 0.25) is 0 Å². The highest BCUT2D eigenvalue weighted by molar-refractivity contribution is 7.91. The molecular formula is C15H14O7S2. The van der Waals surface area contributed by atoms with E-state index in [1.165, 1.54) is 36.4 Å². The molecule has 0 saturated carbocycles. The molecule has 0 aliphatic carbocycles. The van der Waals surface area contributed by atoms with Crippen molar-refractivity contribution in [1.82, 2.24) is 0 Å². The highest BCUT2D eigenvalue weighted by atomic mass is 32.2. The highest BCUT2D eigenvalue weighted by Crippen LogP contribution is 2.20. The Labute approximate surface area is 139 Å². The van der Waals surface area contributed by atoms with Gasteiger partial charge in [0.25, 0.3) is 10.1 Å². The Bertz CT molecular complexity index is 916. The third kappa shape index (κ3) is 4.63. The van der Waals surface area contributed by atoms with Crippen molar-refractivity contribution in [3.8, 4) is 0 Å². The summed E-state index contributed by atoms with van der Waals surface area (Å²) < 4.78 is 59.1. The van der Waals surface area contributed by atoms with Crippen molar-refractivity contribution >= 4 is 25.9 Å². The predicted molar refractivity (Wildman–Crippen MR) is 85.0 cm³/mol. The summed E-state index contributed by atoms with van der Waals surface area (Å²) >= 11 is 0. The lowest BCUT2D eigenvalue weighted by Crippen LogP contribution is -2.14. The van der Waals surface area contributed by atoms with Crippen LogP contribution < -0.4 is 0 Å². The molecule has 0 amide bonds. The molecule has 2 aromatic carbocycles. The summed E-state index contributed by atoms with van der Waals surface area (Å²) in [5.41, 5.74) is 0.0670. The van der Waals surface area contributed by atoms with Crippen molar-refractivity contribution in [2.24, 2.45) is 0 Å². The van der Waals surface area contributed by atoms with Crippen LogP contribution >= 0.6 is 0 Å². The van der Waals surface area contributed by atoms with Gasteiger partial charge in [0, 0.05) is 0 Å². The van der Waals surface area contributed by atoms with E-state index in [1.807, 2.05) is 0 Å². The number of benzene rings is 2. The molecule has 128 valence electrons. The van der Waals surface area contributed by atoms with E-state index in [9.17, 15) is 21.6 Å². The van der Waals surface area contributed by atoms with Crippen LogP contribution in [0.3, 0.4) is 0 Å². The summed E-state index contributed by atoms with van der Waals surface area (Å²) in [4.78, 5) is 11.9. The number of carbonyl (C=O) groups excluding carboxylic acids is 1. The van der Waals surface area contributed by atoms with E-state index in [0.29, 0.717) is 0 Å². The molecule has 0 aromatic heterocycles. The molecule has 0 saturated heterocycles. The third-order valence-electron chi connectivity index (χ3n) is 3.03. The van der Waals surface area contributed by atoms with Gasteiger partial charge in [0.2, 0.25) is 9.84 Å². The van der Waals surface area contributed by atoms with Crippen LogP contribution in [0.15, 0.2) is 64.4 Å². The summed E-state index contributed by atoms with van der Waals surface area (Å²) in [5.74, 6) is -1.53. The third-order valence-corrected chi connectivity index (χ3v) is 5.50. The van der Waals surface area contributed by atoms with Crippen LogP contribution in [0, 0.1) is 0 Å². The minimum atomic E-state index is -4.22. The zero-order valence-electron chi connectivity index (χ0n) is 12.3. The van der Waals surface area contributed by atoms with Crippen LogP contribution in [0.1, 0.15) is 10.4 Å². The minimum Gasteiger partial charge on any atom is -0.461 e. The zero-order chi connectivity index (χ0) is 17.8. The van der Waals surface area contributed by atoms with Crippen LogP contribution in [0.25, 0.3) is 0 Å². The van der Waals surface area contributed by atoms with Crippen molar-refractivity contribution in [1.29, 1.82) is 0 Å². The van der Waals surface area contributed by atoms with Crippen LogP contribution in [-0.4, -0.2) is 39.7 Å². The number of ether oxygens (including phenoxy) is 1. The van der Waals surface area contributed by atoms with Gasteiger partial charge < -0.3 is 4.74 Å². The molecule has 0 aliphatic rings. The number of hydrogen-bond acceptors (Lipinski definition) is 6. The summed E-state index contributed by atoms with van der Waals surface area (Å²) in [7, 11) is -7.90. The van der Waals surface area contributed by atoms with E-state index >= 15 is 0 Å². The molecule has 9 heteroatoms. The van der Waals surface area contributed by atoms with Crippen LogP contribution in [0.4, 0.5) is 0 Å². The fourth-order valence-electron chi connectivity index (χ4n) is 1.83. The summed E-state index contributed by atoms with van der Waals surface area (Å²) in [6.45, 7) is -0.498. The van der Waals surface area contributed by atoms with E-state index in [4.69, 9.17) is 4.55 Å². The molecule has 0 unspecified atom stereocenters. The largest absolute Gasteiger partial charge is 0.461 e. The molecular weight excluding hydrogens is 356 g/mol. The van der Waals surface area contributed by atoms with Crippen LogP contribution in [0.5, 0.6) is 0 Å². The first-order valence-corrected chi connectivity index (χ1v) is 9.82. The van der Waals surface area contributed by atoms with E-state index in [1.54, 1.807) is 18.2 Å². The first kappa shape index (κ1) is 18.1. The first-order valence-electron chi connectivity index (χ1n) is 6.73. The number of rotatable bonds is 6. The maximum absolute atomic E-state index is 12.4. The normalized spacial score (nSPS) is 11.9. The van der Waals surface area contributed by atoms with Crippen molar-refractivity contribution in [2.75, 3.05) is 12.4 Å². The Hall–Kier alpha value is -2.23. The second-order valence-electron chi connectivity index (χ2n) is 4.76. The monoisotopic (exact) mass is 370 g/mol. The predicted octanol–water partition coefficient (Wildman–Crippen LogP) is 1.56. The molecule has 0 atom stereocenters. The average Bonchev–Trinajstić information content (AvgIpc) is 2.54. The fourth-order valence-corrected chi connectivity index (χ4v) is 3.40. The topological polar surface area (TPSA) is 115 Å². The SMILES string of the molecule is O=C(OCCS(=O)(=O)O)c1ccc(S(=O)(=O)c2ccccc2)cc1. The highest BCUT2D eigenvalue weighted by Gasteiger charge is 2.18. The van der Waals surface area contributed by atoms with Gasteiger partial charge in [-0.1, -0.05) is 18.2 Å². The van der Waals surface area contributed by atoms with Crippen molar-refractivity contribution in [3.63, 3.8) is 0 Å². The Morgan fingerprint density at radius 3 is 1.96 bits per heavy atom. The number of sulfone groups is 1. The quantitative estimate of drug-likeness (QED) is 0.606. The molecule has 0 spiro atoms. The van der Waals surface area contributed by atoms with Crippen molar-refractivity contribution < 1.29 is 30.9 Å². The van der Waals surface area contributed by atoms with Crippen molar-refractivity contribution in [2.45, 2.75) is 9.79 Å². The second-order valence-corrected chi connectivity index (χ2v) is 8.28. The van der Waals surface area contributed by atoms with Gasteiger partial charge in [0.1, 0.15) is 12.4 Å². The average molecular weight is 370 g/mol. The molecule has 2 aromatic rings. The van der Waals surface area contributed by atoms with Gasteiger partial charge >= 0.3 is 5.97 Å². The van der Waals surface area contributed by atoms with E-state index in [-0.39, 0.29) is 15.4 Å². The van der Waals surface area contributed by atoms with Gasteiger partial charge in [0.05, 0.1) is 15.4 Å². The Kier molecular flexibility index (Phi) is 5.37. The van der Waals surface area contributed by atoms with Gasteiger partial charge in [-0.3, -0.25) is 4.55 Å². The maximum atomic E-state index is 12.4. The molecule has 0 aliphatic heterocycles. The maximum Gasteiger partial charge on any atom is 0.338 e. The van der Waals surface area contributed by atoms with E-state index in [0.717, 1.165) is 0 Å². The van der Waals surface area contributed by atoms with Gasteiger partial charge in [-0.05, 0) is 36.4 Å². The molecule has 0 heterocycles. The fraction of sp³-hybridized carbons (Fsp3) is 0.133. The Morgan fingerprint density at radius 2 is 1.42 bits per heavy atom. The minimum absolute atomic E-state index is 0.0168. The lowest BCUT2D eigenvalue weighted by Gasteiger charge is -2.06. The molecule has 2 rings (SSSR count). The lowest BCUT2D eigenvalue weighted by atomic mass is 10.2. The number of hydrogen-bond donors (Lipinski definition) is 1. The lowest BCUT2D eigenvalue weighted by molar-refractivity contribution is 0.0528. The first-order chi connectivity index (χ1) is 11.2. The second kappa shape index (κ2) is 7.12. The molecule has 7 nitrogen and oxygen atoms in total. The van der Waals surface area contributed by atoms with Gasteiger partial charge in [0.15, 0.2) is 0 Å². The Morgan fingerprint density at radius 1 is 0.875 bits per heavy atom. The van der Waals surface area contributed by atoms with Gasteiger partial charge in [-0.25, -0.2) is 13.2 Å². The zero-order valence-corrected chi connectivity index (χ0v) is 14.0. The smallest absolute Gasteiger partial charge is 0.338 e. The molecule has 24 heavy (non-hydrogen) atoms. The molecule has 0 fully saturated rings. The van der Waals surface area contributed by atoms with Crippen LogP contribution in [-0.2, 0) is 24.7 Å². The number of carbonyl (C=O) groups is 1. The molecule has 0 radical (unpaired) electrons. The number of esters is 1. The summed E-state index contributed by atoms with van der Waals surface area (Å²) in [6, 6.07) is 12.9. The summed E-state index contributed by atoms with van der Waals surface area (Å²) in [6.07, 6.45) is 0. The summed E-state index contributed by atoms with van der Waals surface area (Å²) in [5, 5.41) is 0. The van der Waals surface area contributed by atoms with Gasteiger partial charge in [-0.15, -0.1) is 0 Å². The van der Waals surface area contributed by atoms with Crippen molar-refractivity contribution in [3.05, 3.63) is 60.2 Å².